The minimum absolute atomic E-state index is 0.175. The van der Waals surface area contributed by atoms with Crippen LogP contribution in [0.15, 0.2) is 67.0 Å². The zero-order chi connectivity index (χ0) is 18.2. The van der Waals surface area contributed by atoms with E-state index in [4.69, 9.17) is 4.74 Å². The molecule has 0 aliphatic rings. The monoisotopic (exact) mass is 348 g/mol. The Bertz CT molecular complexity index is 851. The molecule has 132 valence electrons. The van der Waals surface area contributed by atoms with E-state index in [1.165, 1.54) is 12.4 Å². The van der Waals surface area contributed by atoms with Gasteiger partial charge in [0.05, 0.1) is 11.3 Å². The molecule has 0 radical (unpaired) electrons. The number of rotatable bonds is 7. The summed E-state index contributed by atoms with van der Waals surface area (Å²) in [7, 11) is 0. The van der Waals surface area contributed by atoms with Crippen LogP contribution in [0.25, 0.3) is 0 Å². The predicted octanol–water partition coefficient (Wildman–Crippen LogP) is 4.15. The summed E-state index contributed by atoms with van der Waals surface area (Å²) in [4.78, 5) is 20.3. The minimum atomic E-state index is -0.175. The summed E-state index contributed by atoms with van der Waals surface area (Å²) >= 11 is 0. The highest BCUT2D eigenvalue weighted by atomic mass is 16.5. The van der Waals surface area contributed by atoms with Crippen LogP contribution < -0.4 is 15.4 Å². The predicted molar refractivity (Wildman–Crippen MR) is 101 cm³/mol. The van der Waals surface area contributed by atoms with Gasteiger partial charge >= 0.3 is 0 Å². The lowest BCUT2D eigenvalue weighted by molar-refractivity contribution is 0.0953. The van der Waals surface area contributed by atoms with Crippen molar-refractivity contribution in [3.05, 3.63) is 72.6 Å². The summed E-state index contributed by atoms with van der Waals surface area (Å²) < 4.78 is 5.91. The topological polar surface area (TPSA) is 76.1 Å². The molecule has 2 N–H and O–H groups in total. The van der Waals surface area contributed by atoms with Crippen LogP contribution in [0.1, 0.15) is 23.7 Å². The van der Waals surface area contributed by atoms with E-state index in [9.17, 15) is 4.79 Å². The third kappa shape index (κ3) is 4.57. The van der Waals surface area contributed by atoms with Gasteiger partial charge in [0.25, 0.3) is 5.91 Å². The van der Waals surface area contributed by atoms with Gasteiger partial charge in [-0.1, -0.05) is 37.3 Å². The van der Waals surface area contributed by atoms with Crippen molar-refractivity contribution in [2.24, 2.45) is 0 Å². The number of hydrogen-bond acceptors (Lipinski definition) is 5. The molecule has 1 aromatic heterocycles. The average Bonchev–Trinajstić information content (AvgIpc) is 2.69. The van der Waals surface area contributed by atoms with Crippen molar-refractivity contribution in [2.75, 3.05) is 11.9 Å². The van der Waals surface area contributed by atoms with Crippen LogP contribution in [0.5, 0.6) is 11.5 Å². The second-order valence-electron chi connectivity index (χ2n) is 5.59. The Hall–Kier alpha value is -3.41. The van der Waals surface area contributed by atoms with E-state index >= 15 is 0 Å². The molecule has 0 aliphatic carbocycles. The first-order chi connectivity index (χ1) is 12.8. The van der Waals surface area contributed by atoms with Crippen molar-refractivity contribution < 1.29 is 9.53 Å². The van der Waals surface area contributed by atoms with Gasteiger partial charge in [-0.2, -0.15) is 0 Å². The largest absolute Gasteiger partial charge is 0.455 e. The minimum Gasteiger partial charge on any atom is -0.455 e. The van der Waals surface area contributed by atoms with Crippen molar-refractivity contribution >= 4 is 17.5 Å². The lowest BCUT2D eigenvalue weighted by Gasteiger charge is -2.12. The molecule has 0 atom stereocenters. The second kappa shape index (κ2) is 8.62. The van der Waals surface area contributed by atoms with Crippen molar-refractivity contribution in [3.8, 4) is 11.5 Å². The summed E-state index contributed by atoms with van der Waals surface area (Å²) in [6, 6.07) is 17.1. The fourth-order valence-electron chi connectivity index (χ4n) is 2.25. The number of nitrogens with zero attached hydrogens (tertiary/aromatic N) is 2. The van der Waals surface area contributed by atoms with Gasteiger partial charge in [-0.25, -0.2) is 9.97 Å². The van der Waals surface area contributed by atoms with Crippen LogP contribution in [-0.2, 0) is 0 Å². The van der Waals surface area contributed by atoms with E-state index in [1.807, 2.05) is 61.5 Å². The van der Waals surface area contributed by atoms with E-state index in [1.54, 1.807) is 0 Å². The SMILES string of the molecule is CCCNC(=O)c1cnc(Nc2ccccc2Oc2ccccc2)nc1. The van der Waals surface area contributed by atoms with E-state index in [0.717, 1.165) is 17.9 Å². The molecule has 6 nitrogen and oxygen atoms in total. The molecule has 1 heterocycles. The quantitative estimate of drug-likeness (QED) is 0.671. The van der Waals surface area contributed by atoms with Gasteiger partial charge in [0, 0.05) is 18.9 Å². The van der Waals surface area contributed by atoms with Crippen LogP contribution in [0, 0.1) is 0 Å². The highest BCUT2D eigenvalue weighted by molar-refractivity contribution is 5.93. The van der Waals surface area contributed by atoms with E-state index in [0.29, 0.717) is 23.8 Å². The number of para-hydroxylation sites is 3. The third-order valence-corrected chi connectivity index (χ3v) is 3.55. The molecule has 6 heteroatoms. The Morgan fingerprint density at radius 2 is 1.69 bits per heavy atom. The summed E-state index contributed by atoms with van der Waals surface area (Å²) in [5.41, 5.74) is 1.16. The first-order valence-corrected chi connectivity index (χ1v) is 8.45. The number of carbonyl (C=O) groups excluding carboxylic acids is 1. The first kappa shape index (κ1) is 17.4. The molecule has 0 unspecified atom stereocenters. The third-order valence-electron chi connectivity index (χ3n) is 3.55. The zero-order valence-electron chi connectivity index (χ0n) is 14.5. The van der Waals surface area contributed by atoms with Gasteiger partial charge in [0.15, 0.2) is 5.75 Å². The van der Waals surface area contributed by atoms with Crippen LogP contribution in [0.2, 0.25) is 0 Å². The number of nitrogens with one attached hydrogen (secondary N) is 2. The van der Waals surface area contributed by atoms with E-state index < -0.39 is 0 Å². The molecule has 0 aliphatic heterocycles. The smallest absolute Gasteiger partial charge is 0.254 e. The Kier molecular flexibility index (Phi) is 5.77. The Morgan fingerprint density at radius 3 is 2.42 bits per heavy atom. The van der Waals surface area contributed by atoms with Crippen molar-refractivity contribution in [3.63, 3.8) is 0 Å². The number of amides is 1. The highest BCUT2D eigenvalue weighted by Crippen LogP contribution is 2.30. The van der Waals surface area contributed by atoms with E-state index in [-0.39, 0.29) is 5.91 Å². The molecule has 3 rings (SSSR count). The molecule has 0 bridgehead atoms. The molecule has 0 saturated heterocycles. The number of benzene rings is 2. The summed E-state index contributed by atoms with van der Waals surface area (Å²) in [5.74, 6) is 1.62. The fraction of sp³-hybridized carbons (Fsp3) is 0.150. The molecule has 1 amide bonds. The van der Waals surface area contributed by atoms with Gasteiger partial charge in [-0.05, 0) is 30.7 Å². The molecular weight excluding hydrogens is 328 g/mol. The molecule has 0 fully saturated rings. The van der Waals surface area contributed by atoms with Gasteiger partial charge in [-0.15, -0.1) is 0 Å². The molecule has 2 aromatic carbocycles. The van der Waals surface area contributed by atoms with Crippen LogP contribution in [0.4, 0.5) is 11.6 Å². The standard InChI is InChI=1S/C20H20N4O2/c1-2-12-21-19(25)15-13-22-20(23-14-15)24-17-10-6-7-11-18(17)26-16-8-4-3-5-9-16/h3-11,13-14H,2,12H2,1H3,(H,21,25)(H,22,23,24). The highest BCUT2D eigenvalue weighted by Gasteiger charge is 2.09. The van der Waals surface area contributed by atoms with Gasteiger partial charge in [0.1, 0.15) is 5.75 Å². The number of ether oxygens (including phenoxy) is 1. The Balaban J connectivity index is 1.72. The summed E-state index contributed by atoms with van der Waals surface area (Å²) in [6.45, 7) is 2.63. The number of carbonyl (C=O) groups is 1. The van der Waals surface area contributed by atoms with Crippen molar-refractivity contribution in [2.45, 2.75) is 13.3 Å². The second-order valence-corrected chi connectivity index (χ2v) is 5.59. The maximum Gasteiger partial charge on any atom is 0.254 e. The zero-order valence-corrected chi connectivity index (χ0v) is 14.5. The molecule has 26 heavy (non-hydrogen) atoms. The van der Waals surface area contributed by atoms with Gasteiger partial charge < -0.3 is 15.4 Å². The molecule has 0 spiro atoms. The number of aromatic nitrogens is 2. The molecule has 0 saturated carbocycles. The molecular formula is C20H20N4O2. The Morgan fingerprint density at radius 1 is 1.00 bits per heavy atom. The Labute approximate surface area is 152 Å². The van der Waals surface area contributed by atoms with E-state index in [2.05, 4.69) is 20.6 Å². The lowest BCUT2D eigenvalue weighted by Crippen LogP contribution is -2.24. The lowest BCUT2D eigenvalue weighted by atomic mass is 10.3. The normalized spacial score (nSPS) is 10.2. The summed E-state index contributed by atoms with van der Waals surface area (Å²) in [5, 5.41) is 5.92. The maximum absolute atomic E-state index is 11.9. The summed E-state index contributed by atoms with van der Waals surface area (Å²) in [6.07, 6.45) is 3.88. The van der Waals surface area contributed by atoms with Crippen LogP contribution >= 0.6 is 0 Å². The average molecular weight is 348 g/mol. The fourth-order valence-corrected chi connectivity index (χ4v) is 2.25. The van der Waals surface area contributed by atoms with Gasteiger partial charge in [0.2, 0.25) is 5.95 Å². The van der Waals surface area contributed by atoms with Crippen molar-refractivity contribution in [1.29, 1.82) is 0 Å². The van der Waals surface area contributed by atoms with Crippen LogP contribution in [0.3, 0.4) is 0 Å². The van der Waals surface area contributed by atoms with Crippen LogP contribution in [-0.4, -0.2) is 22.4 Å². The number of hydrogen-bond donors (Lipinski definition) is 2. The van der Waals surface area contributed by atoms with Crippen molar-refractivity contribution in [1.82, 2.24) is 15.3 Å². The number of anilines is 2. The first-order valence-electron chi connectivity index (χ1n) is 8.45. The maximum atomic E-state index is 11.9. The van der Waals surface area contributed by atoms with Gasteiger partial charge in [-0.3, -0.25) is 4.79 Å². The molecule has 3 aromatic rings.